The summed E-state index contributed by atoms with van der Waals surface area (Å²) in [5.41, 5.74) is 6.00. The Morgan fingerprint density at radius 2 is 2.21 bits per heavy atom. The van der Waals surface area contributed by atoms with Crippen LogP contribution in [0.1, 0.15) is 26.2 Å². The number of rotatable bonds is 5. The van der Waals surface area contributed by atoms with Crippen LogP contribution in [0, 0.1) is 0 Å². The van der Waals surface area contributed by atoms with Crippen LogP contribution in [-0.2, 0) is 0 Å². The fraction of sp³-hybridized carbons (Fsp3) is 0.556. The first-order valence-corrected chi connectivity index (χ1v) is 4.79. The first-order chi connectivity index (χ1) is 6.75. The van der Waals surface area contributed by atoms with E-state index in [1.807, 2.05) is 0 Å². The van der Waals surface area contributed by atoms with Gasteiger partial charge >= 0.3 is 0 Å². The topological polar surface area (TPSA) is 84.1 Å². The van der Waals surface area contributed by atoms with Crippen LogP contribution in [0.5, 0.6) is 5.88 Å². The van der Waals surface area contributed by atoms with Crippen molar-refractivity contribution in [3.8, 4) is 5.88 Å². The minimum atomic E-state index is -0.0889. The van der Waals surface area contributed by atoms with Gasteiger partial charge in [-0.25, -0.2) is 4.98 Å². The molecule has 4 N–H and O–H groups in total. The second-order valence-corrected chi connectivity index (χ2v) is 3.09. The van der Waals surface area contributed by atoms with Gasteiger partial charge in [0.1, 0.15) is 12.0 Å². The molecule has 0 saturated carbocycles. The van der Waals surface area contributed by atoms with Crippen LogP contribution in [0.3, 0.4) is 0 Å². The van der Waals surface area contributed by atoms with Gasteiger partial charge in [0.15, 0.2) is 5.82 Å². The van der Waals surface area contributed by atoms with Gasteiger partial charge in [0.25, 0.3) is 0 Å². The smallest absolute Gasteiger partial charge is 0.240 e. The van der Waals surface area contributed by atoms with Gasteiger partial charge in [-0.15, -0.1) is 0 Å². The van der Waals surface area contributed by atoms with Crippen molar-refractivity contribution in [3.05, 3.63) is 6.33 Å². The summed E-state index contributed by atoms with van der Waals surface area (Å²) in [5, 5.41) is 12.4. The van der Waals surface area contributed by atoms with Crippen molar-refractivity contribution >= 4 is 11.5 Å². The molecule has 1 rings (SSSR count). The highest BCUT2D eigenvalue weighted by atomic mass is 16.3. The van der Waals surface area contributed by atoms with Gasteiger partial charge in [-0.3, -0.25) is 0 Å². The Bertz CT molecular complexity index is 270. The minimum Gasteiger partial charge on any atom is -0.492 e. The molecule has 0 saturated heterocycles. The number of aromatic nitrogens is 2. The number of aromatic hydroxyl groups is 1. The molecule has 0 unspecified atom stereocenters. The molecule has 1 heterocycles. The summed E-state index contributed by atoms with van der Waals surface area (Å²) in [6, 6.07) is 0. The number of nitrogen functional groups attached to an aromatic ring is 1. The molecule has 0 atom stereocenters. The first kappa shape index (κ1) is 10.6. The Labute approximate surface area is 83.4 Å². The van der Waals surface area contributed by atoms with Crippen LogP contribution >= 0.6 is 0 Å². The van der Waals surface area contributed by atoms with E-state index in [9.17, 15) is 5.11 Å². The zero-order valence-corrected chi connectivity index (χ0v) is 8.32. The maximum Gasteiger partial charge on any atom is 0.240 e. The average molecular weight is 196 g/mol. The normalized spacial score (nSPS) is 10.1. The van der Waals surface area contributed by atoms with Gasteiger partial charge in [0.2, 0.25) is 5.88 Å². The lowest BCUT2D eigenvalue weighted by molar-refractivity contribution is 0.454. The van der Waals surface area contributed by atoms with Crippen molar-refractivity contribution < 1.29 is 5.11 Å². The fourth-order valence-electron chi connectivity index (χ4n) is 1.15. The van der Waals surface area contributed by atoms with Crippen molar-refractivity contribution in [3.63, 3.8) is 0 Å². The van der Waals surface area contributed by atoms with E-state index in [1.54, 1.807) is 0 Å². The third kappa shape index (κ3) is 2.76. The van der Waals surface area contributed by atoms with Crippen molar-refractivity contribution in [1.82, 2.24) is 9.97 Å². The third-order valence-electron chi connectivity index (χ3n) is 1.94. The summed E-state index contributed by atoms with van der Waals surface area (Å²) < 4.78 is 0. The molecule has 78 valence electrons. The lowest BCUT2D eigenvalue weighted by Crippen LogP contribution is -2.06. The molecule has 1 aromatic heterocycles. The molecule has 0 radical (unpaired) electrons. The Balaban J connectivity index is 2.49. The molecule has 0 amide bonds. The SMILES string of the molecule is CCCCCNc1c(N)ncnc1O. The van der Waals surface area contributed by atoms with Crippen LogP contribution in [0.4, 0.5) is 11.5 Å². The summed E-state index contributed by atoms with van der Waals surface area (Å²) in [4.78, 5) is 7.42. The first-order valence-electron chi connectivity index (χ1n) is 4.79. The number of hydrogen-bond donors (Lipinski definition) is 3. The Morgan fingerprint density at radius 1 is 1.43 bits per heavy atom. The summed E-state index contributed by atoms with van der Waals surface area (Å²) in [5.74, 6) is 0.197. The molecule has 14 heavy (non-hydrogen) atoms. The molecule has 1 aromatic rings. The van der Waals surface area contributed by atoms with E-state index >= 15 is 0 Å². The predicted molar refractivity (Wildman–Crippen MR) is 56.1 cm³/mol. The van der Waals surface area contributed by atoms with Crippen molar-refractivity contribution in [2.45, 2.75) is 26.2 Å². The number of nitrogens with zero attached hydrogens (tertiary/aromatic N) is 2. The van der Waals surface area contributed by atoms with Crippen LogP contribution in [0.25, 0.3) is 0 Å². The van der Waals surface area contributed by atoms with E-state index in [1.165, 1.54) is 6.33 Å². The van der Waals surface area contributed by atoms with Crippen molar-refractivity contribution in [1.29, 1.82) is 0 Å². The number of unbranched alkanes of at least 4 members (excludes halogenated alkanes) is 2. The Kier molecular flexibility index (Phi) is 3.97. The number of nitrogens with two attached hydrogens (primary N) is 1. The minimum absolute atomic E-state index is 0.0889. The largest absolute Gasteiger partial charge is 0.492 e. The van der Waals surface area contributed by atoms with Gasteiger partial charge in [-0.1, -0.05) is 19.8 Å². The Morgan fingerprint density at radius 3 is 2.86 bits per heavy atom. The van der Waals surface area contributed by atoms with Crippen molar-refractivity contribution in [2.24, 2.45) is 0 Å². The summed E-state index contributed by atoms with van der Waals surface area (Å²) >= 11 is 0. The maximum atomic E-state index is 9.35. The van der Waals surface area contributed by atoms with E-state index in [4.69, 9.17) is 5.73 Å². The maximum absolute atomic E-state index is 9.35. The van der Waals surface area contributed by atoms with Crippen LogP contribution < -0.4 is 11.1 Å². The monoisotopic (exact) mass is 196 g/mol. The van der Waals surface area contributed by atoms with Gasteiger partial charge in [-0.05, 0) is 6.42 Å². The van der Waals surface area contributed by atoms with Crippen LogP contribution in [-0.4, -0.2) is 21.6 Å². The van der Waals surface area contributed by atoms with E-state index < -0.39 is 0 Å². The third-order valence-corrected chi connectivity index (χ3v) is 1.94. The quantitative estimate of drug-likeness (QED) is 0.619. The van der Waals surface area contributed by atoms with Crippen molar-refractivity contribution in [2.75, 3.05) is 17.6 Å². The molecule has 0 bridgehead atoms. The van der Waals surface area contributed by atoms with Crippen LogP contribution in [0.2, 0.25) is 0 Å². The molecular formula is C9H16N4O. The standard InChI is InChI=1S/C9H16N4O/c1-2-3-4-5-11-7-8(10)12-6-13-9(7)14/h6,11H,2-5H2,1H3,(H3,10,12,13,14). The van der Waals surface area contributed by atoms with E-state index in [-0.39, 0.29) is 11.7 Å². The molecule has 5 heteroatoms. The lowest BCUT2D eigenvalue weighted by atomic mass is 10.2. The number of nitrogens with one attached hydrogen (secondary N) is 1. The molecule has 0 aliphatic heterocycles. The predicted octanol–water partition coefficient (Wildman–Crippen LogP) is 1.37. The zero-order chi connectivity index (χ0) is 10.4. The van der Waals surface area contributed by atoms with Gasteiger partial charge in [-0.2, -0.15) is 4.98 Å². The molecule has 0 aliphatic carbocycles. The van der Waals surface area contributed by atoms with Gasteiger partial charge in [0.05, 0.1) is 0 Å². The van der Waals surface area contributed by atoms with E-state index in [0.29, 0.717) is 5.69 Å². The molecule has 0 spiro atoms. The second-order valence-electron chi connectivity index (χ2n) is 3.09. The summed E-state index contributed by atoms with van der Waals surface area (Å²) in [7, 11) is 0. The van der Waals surface area contributed by atoms with Gasteiger partial charge in [0, 0.05) is 6.54 Å². The Hall–Kier alpha value is -1.52. The molecular weight excluding hydrogens is 180 g/mol. The van der Waals surface area contributed by atoms with E-state index in [2.05, 4.69) is 22.2 Å². The molecule has 0 aromatic carbocycles. The highest BCUT2D eigenvalue weighted by Gasteiger charge is 2.05. The molecule has 0 aliphatic rings. The summed E-state index contributed by atoms with van der Waals surface area (Å²) in [6.07, 6.45) is 4.60. The second kappa shape index (κ2) is 5.26. The highest BCUT2D eigenvalue weighted by molar-refractivity contribution is 5.66. The lowest BCUT2D eigenvalue weighted by Gasteiger charge is -2.08. The number of anilines is 2. The number of hydrogen-bond acceptors (Lipinski definition) is 5. The van der Waals surface area contributed by atoms with E-state index in [0.717, 1.165) is 25.8 Å². The fourth-order valence-corrected chi connectivity index (χ4v) is 1.15. The zero-order valence-electron chi connectivity index (χ0n) is 8.32. The summed E-state index contributed by atoms with van der Waals surface area (Å²) in [6.45, 7) is 2.91. The highest BCUT2D eigenvalue weighted by Crippen LogP contribution is 2.24. The van der Waals surface area contributed by atoms with Gasteiger partial charge < -0.3 is 16.2 Å². The molecule has 5 nitrogen and oxygen atoms in total. The average Bonchev–Trinajstić information content (AvgIpc) is 2.16. The van der Waals surface area contributed by atoms with Crippen LogP contribution in [0.15, 0.2) is 6.33 Å². The molecule has 0 fully saturated rings.